The highest BCUT2D eigenvalue weighted by atomic mass is 16.5. The van der Waals surface area contributed by atoms with E-state index in [1.807, 2.05) is 24.3 Å². The number of methoxy groups -OCH3 is 1. The van der Waals surface area contributed by atoms with Gasteiger partial charge in [-0.05, 0) is 29.8 Å². The van der Waals surface area contributed by atoms with Gasteiger partial charge in [-0.2, -0.15) is 0 Å². The van der Waals surface area contributed by atoms with Gasteiger partial charge in [0.05, 0.1) is 20.3 Å². The average molecular weight is 235 g/mol. The first-order chi connectivity index (χ1) is 8.26. The summed E-state index contributed by atoms with van der Waals surface area (Å²) >= 11 is 0. The molecule has 0 radical (unpaired) electrons. The van der Waals surface area contributed by atoms with Crippen molar-refractivity contribution in [3.05, 3.63) is 42.0 Å². The van der Waals surface area contributed by atoms with Gasteiger partial charge in [0.1, 0.15) is 5.75 Å². The lowest BCUT2D eigenvalue weighted by atomic mass is 10.2. The van der Waals surface area contributed by atoms with Gasteiger partial charge in [-0.3, -0.25) is 0 Å². The third-order valence-corrected chi connectivity index (χ3v) is 2.33. The van der Waals surface area contributed by atoms with Gasteiger partial charge in [-0.25, -0.2) is 0 Å². The van der Waals surface area contributed by atoms with E-state index in [9.17, 15) is 0 Å². The molecule has 3 heteroatoms. The first kappa shape index (κ1) is 13.7. The first-order valence-corrected chi connectivity index (χ1v) is 5.84. The second kappa shape index (κ2) is 7.87. The number of rotatable bonds is 8. The summed E-state index contributed by atoms with van der Waals surface area (Å²) in [5, 5.41) is 3.22. The van der Waals surface area contributed by atoms with Crippen LogP contribution >= 0.6 is 0 Å². The Morgan fingerprint density at radius 2 is 2.24 bits per heavy atom. The van der Waals surface area contributed by atoms with Crippen LogP contribution in [0.1, 0.15) is 12.5 Å². The third-order valence-electron chi connectivity index (χ3n) is 2.33. The van der Waals surface area contributed by atoms with Gasteiger partial charge in [0, 0.05) is 6.54 Å². The van der Waals surface area contributed by atoms with Crippen LogP contribution in [0.4, 0.5) is 0 Å². The highest BCUT2D eigenvalue weighted by Gasteiger charge is 1.98. The maximum absolute atomic E-state index is 5.58. The topological polar surface area (TPSA) is 30.5 Å². The Morgan fingerprint density at radius 1 is 1.41 bits per heavy atom. The Hall–Kier alpha value is -1.32. The predicted molar refractivity (Wildman–Crippen MR) is 70.3 cm³/mol. The Labute approximate surface area is 103 Å². The number of hydrogen-bond acceptors (Lipinski definition) is 3. The van der Waals surface area contributed by atoms with Crippen molar-refractivity contribution in [2.75, 3.05) is 26.8 Å². The molecule has 0 bridgehead atoms. The van der Waals surface area contributed by atoms with E-state index in [0.717, 1.165) is 30.0 Å². The van der Waals surface area contributed by atoms with E-state index >= 15 is 0 Å². The van der Waals surface area contributed by atoms with Crippen molar-refractivity contribution in [2.45, 2.75) is 13.5 Å². The Kier molecular flexibility index (Phi) is 6.37. The lowest BCUT2D eigenvalue weighted by Crippen LogP contribution is -2.18. The minimum atomic E-state index is 0.586. The number of hydrogen-bond donors (Lipinski definition) is 1. The number of benzene rings is 1. The summed E-state index contributed by atoms with van der Waals surface area (Å²) in [5.74, 6) is 0.859. The fraction of sp³-hybridized carbons (Fsp3) is 0.429. The molecule has 0 aliphatic rings. The zero-order chi connectivity index (χ0) is 12.5. The molecule has 0 aliphatic carbocycles. The molecule has 0 saturated carbocycles. The van der Waals surface area contributed by atoms with Crippen LogP contribution in [0.2, 0.25) is 0 Å². The average Bonchev–Trinajstić information content (AvgIpc) is 2.36. The summed E-state index contributed by atoms with van der Waals surface area (Å²) < 4.78 is 10.7. The SMILES string of the molecule is C=C(CNCC)COCc1cccc(OC)c1. The molecule has 0 aromatic heterocycles. The number of nitrogens with one attached hydrogen (secondary N) is 1. The minimum absolute atomic E-state index is 0.586. The molecule has 1 aromatic rings. The van der Waals surface area contributed by atoms with E-state index in [0.29, 0.717) is 13.2 Å². The van der Waals surface area contributed by atoms with E-state index in [-0.39, 0.29) is 0 Å². The van der Waals surface area contributed by atoms with Gasteiger partial charge in [0.15, 0.2) is 0 Å². The summed E-state index contributed by atoms with van der Waals surface area (Å²) in [6.45, 7) is 8.96. The second-order valence-corrected chi connectivity index (χ2v) is 3.87. The summed E-state index contributed by atoms with van der Waals surface area (Å²) in [6.07, 6.45) is 0. The molecule has 1 rings (SSSR count). The molecule has 0 amide bonds. The number of ether oxygens (including phenoxy) is 2. The molecule has 1 aromatic carbocycles. The van der Waals surface area contributed by atoms with E-state index in [2.05, 4.69) is 18.8 Å². The molecular formula is C14H21NO2. The molecule has 0 atom stereocenters. The number of likely N-dealkylation sites (N-methyl/N-ethyl adjacent to an activating group) is 1. The molecule has 0 unspecified atom stereocenters. The molecule has 0 aliphatic heterocycles. The molecule has 3 nitrogen and oxygen atoms in total. The van der Waals surface area contributed by atoms with Crippen LogP contribution in [-0.4, -0.2) is 26.8 Å². The zero-order valence-corrected chi connectivity index (χ0v) is 10.7. The highest BCUT2D eigenvalue weighted by Crippen LogP contribution is 2.13. The van der Waals surface area contributed by atoms with Crippen LogP contribution in [0.5, 0.6) is 5.75 Å². The maximum atomic E-state index is 5.58. The van der Waals surface area contributed by atoms with Crippen molar-refractivity contribution in [1.29, 1.82) is 0 Å². The van der Waals surface area contributed by atoms with Crippen molar-refractivity contribution in [3.63, 3.8) is 0 Å². The summed E-state index contributed by atoms with van der Waals surface area (Å²) in [6, 6.07) is 7.89. The summed E-state index contributed by atoms with van der Waals surface area (Å²) in [5.41, 5.74) is 2.18. The molecule has 1 N–H and O–H groups in total. The van der Waals surface area contributed by atoms with Gasteiger partial charge in [0.2, 0.25) is 0 Å². The quantitative estimate of drug-likeness (QED) is 0.702. The van der Waals surface area contributed by atoms with E-state index in [1.54, 1.807) is 7.11 Å². The minimum Gasteiger partial charge on any atom is -0.497 e. The lowest BCUT2D eigenvalue weighted by molar-refractivity contribution is 0.141. The summed E-state index contributed by atoms with van der Waals surface area (Å²) in [7, 11) is 1.66. The first-order valence-electron chi connectivity index (χ1n) is 5.84. The second-order valence-electron chi connectivity index (χ2n) is 3.87. The molecule has 0 spiro atoms. The molecule has 0 fully saturated rings. The lowest BCUT2D eigenvalue weighted by Gasteiger charge is -2.08. The van der Waals surface area contributed by atoms with Crippen molar-refractivity contribution < 1.29 is 9.47 Å². The molecule has 94 valence electrons. The van der Waals surface area contributed by atoms with Crippen LogP contribution in [0.3, 0.4) is 0 Å². The fourth-order valence-electron chi connectivity index (χ4n) is 1.43. The smallest absolute Gasteiger partial charge is 0.119 e. The molecule has 0 heterocycles. The van der Waals surface area contributed by atoms with Crippen molar-refractivity contribution in [3.8, 4) is 5.75 Å². The van der Waals surface area contributed by atoms with Crippen LogP contribution in [-0.2, 0) is 11.3 Å². The fourth-order valence-corrected chi connectivity index (χ4v) is 1.43. The maximum Gasteiger partial charge on any atom is 0.119 e. The Morgan fingerprint density at radius 3 is 2.94 bits per heavy atom. The van der Waals surface area contributed by atoms with Gasteiger partial charge in [-0.15, -0.1) is 0 Å². The van der Waals surface area contributed by atoms with E-state index in [4.69, 9.17) is 9.47 Å². The molecule has 0 saturated heterocycles. The monoisotopic (exact) mass is 235 g/mol. The van der Waals surface area contributed by atoms with Crippen molar-refractivity contribution in [1.82, 2.24) is 5.32 Å². The zero-order valence-electron chi connectivity index (χ0n) is 10.7. The van der Waals surface area contributed by atoms with E-state index in [1.165, 1.54) is 0 Å². The normalized spacial score (nSPS) is 10.2. The van der Waals surface area contributed by atoms with Gasteiger partial charge >= 0.3 is 0 Å². The molecular weight excluding hydrogens is 214 g/mol. The Balaban J connectivity index is 2.28. The van der Waals surface area contributed by atoms with Crippen LogP contribution in [0.15, 0.2) is 36.4 Å². The highest BCUT2D eigenvalue weighted by molar-refractivity contribution is 5.27. The standard InChI is InChI=1S/C14H21NO2/c1-4-15-9-12(2)10-17-11-13-6-5-7-14(8-13)16-3/h5-8,15H,2,4,9-11H2,1,3H3. The van der Waals surface area contributed by atoms with Gasteiger partial charge in [-0.1, -0.05) is 25.6 Å². The van der Waals surface area contributed by atoms with Crippen LogP contribution < -0.4 is 10.1 Å². The Bertz CT molecular complexity index is 350. The largest absolute Gasteiger partial charge is 0.497 e. The van der Waals surface area contributed by atoms with Gasteiger partial charge < -0.3 is 14.8 Å². The van der Waals surface area contributed by atoms with Crippen molar-refractivity contribution in [2.24, 2.45) is 0 Å². The van der Waals surface area contributed by atoms with Gasteiger partial charge in [0.25, 0.3) is 0 Å². The van der Waals surface area contributed by atoms with Crippen molar-refractivity contribution >= 4 is 0 Å². The third kappa shape index (κ3) is 5.52. The van der Waals surface area contributed by atoms with Crippen LogP contribution in [0.25, 0.3) is 0 Å². The predicted octanol–water partition coefficient (Wildman–Crippen LogP) is 2.38. The van der Waals surface area contributed by atoms with E-state index < -0.39 is 0 Å². The molecule has 17 heavy (non-hydrogen) atoms. The van der Waals surface area contributed by atoms with Crippen LogP contribution in [0, 0.1) is 0 Å². The summed E-state index contributed by atoms with van der Waals surface area (Å²) in [4.78, 5) is 0.